The van der Waals surface area contributed by atoms with Gasteiger partial charge in [-0.25, -0.2) is 8.42 Å². The zero-order valence-corrected chi connectivity index (χ0v) is 10.8. The second-order valence-corrected chi connectivity index (χ2v) is 7.21. The molecule has 6 nitrogen and oxygen atoms in total. The number of aliphatic hydroxyl groups is 1. The molecule has 2 heterocycles. The van der Waals surface area contributed by atoms with E-state index >= 15 is 0 Å². The normalized spacial score (nSPS) is 23.0. The van der Waals surface area contributed by atoms with Gasteiger partial charge in [-0.15, -0.1) is 10.2 Å². The molecule has 0 unspecified atom stereocenters. The second-order valence-electron chi connectivity index (χ2n) is 3.93. The maximum Gasteiger partial charge on any atom is 0.276 e. The summed E-state index contributed by atoms with van der Waals surface area (Å²) >= 11 is 1.37. The van der Waals surface area contributed by atoms with E-state index in [4.69, 9.17) is 9.52 Å². The molecule has 2 rings (SSSR count). The number of aromatic nitrogens is 2. The SMILES string of the molecule is O=S1(=O)CC[C@@H](c2nnc(SCCCO)o2)C1. The van der Waals surface area contributed by atoms with Crippen LogP contribution in [0.25, 0.3) is 0 Å². The van der Waals surface area contributed by atoms with Gasteiger partial charge in [-0.05, 0) is 12.8 Å². The lowest BCUT2D eigenvalue weighted by atomic mass is 10.1. The highest BCUT2D eigenvalue weighted by molar-refractivity contribution is 7.99. The Balaban J connectivity index is 1.94. The first-order chi connectivity index (χ1) is 8.11. The molecule has 8 heteroatoms. The van der Waals surface area contributed by atoms with E-state index in [9.17, 15) is 8.42 Å². The van der Waals surface area contributed by atoms with Crippen LogP contribution in [0, 0.1) is 0 Å². The summed E-state index contributed by atoms with van der Waals surface area (Å²) in [5.41, 5.74) is 0. The van der Waals surface area contributed by atoms with Crippen LogP contribution in [0.3, 0.4) is 0 Å². The quantitative estimate of drug-likeness (QED) is 0.617. The van der Waals surface area contributed by atoms with Crippen LogP contribution in [0.4, 0.5) is 0 Å². The van der Waals surface area contributed by atoms with Gasteiger partial charge in [0.15, 0.2) is 9.84 Å². The molecule has 96 valence electrons. The highest BCUT2D eigenvalue weighted by atomic mass is 32.2. The summed E-state index contributed by atoms with van der Waals surface area (Å²) < 4.78 is 28.0. The van der Waals surface area contributed by atoms with Crippen molar-refractivity contribution in [3.05, 3.63) is 5.89 Å². The van der Waals surface area contributed by atoms with Gasteiger partial charge in [-0.3, -0.25) is 0 Å². The Morgan fingerprint density at radius 1 is 1.47 bits per heavy atom. The molecule has 17 heavy (non-hydrogen) atoms. The minimum Gasteiger partial charge on any atom is -0.416 e. The summed E-state index contributed by atoms with van der Waals surface area (Å²) in [5.74, 6) is 1.28. The van der Waals surface area contributed by atoms with Gasteiger partial charge in [0.05, 0.1) is 17.4 Å². The monoisotopic (exact) mass is 278 g/mol. The fourth-order valence-corrected chi connectivity index (χ4v) is 4.08. The van der Waals surface area contributed by atoms with Crippen molar-refractivity contribution in [3.8, 4) is 0 Å². The lowest BCUT2D eigenvalue weighted by Crippen LogP contribution is -2.03. The van der Waals surface area contributed by atoms with Crippen molar-refractivity contribution in [2.45, 2.75) is 24.0 Å². The molecule has 1 N–H and O–H groups in total. The Hall–Kier alpha value is -0.600. The fourth-order valence-electron chi connectivity index (χ4n) is 1.66. The highest BCUT2D eigenvalue weighted by Gasteiger charge is 2.32. The zero-order valence-electron chi connectivity index (χ0n) is 9.20. The van der Waals surface area contributed by atoms with Gasteiger partial charge in [-0.2, -0.15) is 0 Å². The molecule has 1 saturated heterocycles. The van der Waals surface area contributed by atoms with Crippen molar-refractivity contribution < 1.29 is 17.9 Å². The molecule has 0 bridgehead atoms. The smallest absolute Gasteiger partial charge is 0.276 e. The molecule has 1 aromatic heterocycles. The van der Waals surface area contributed by atoms with E-state index in [1.165, 1.54) is 11.8 Å². The minimum atomic E-state index is -2.92. The van der Waals surface area contributed by atoms with Gasteiger partial charge in [0, 0.05) is 12.4 Å². The number of thioether (sulfide) groups is 1. The second kappa shape index (κ2) is 5.36. The lowest BCUT2D eigenvalue weighted by molar-refractivity contribution is 0.296. The Morgan fingerprint density at radius 3 is 2.94 bits per heavy atom. The van der Waals surface area contributed by atoms with Crippen LogP contribution in [-0.2, 0) is 9.84 Å². The van der Waals surface area contributed by atoms with Crippen molar-refractivity contribution in [3.63, 3.8) is 0 Å². The van der Waals surface area contributed by atoms with Crippen molar-refractivity contribution in [1.29, 1.82) is 0 Å². The summed E-state index contributed by atoms with van der Waals surface area (Å²) in [6.07, 6.45) is 1.23. The third-order valence-corrected chi connectivity index (χ3v) is 5.20. The van der Waals surface area contributed by atoms with Gasteiger partial charge >= 0.3 is 0 Å². The molecule has 1 aliphatic rings. The molecule has 1 fully saturated rings. The van der Waals surface area contributed by atoms with Gasteiger partial charge in [0.25, 0.3) is 5.22 Å². The summed E-state index contributed by atoms with van der Waals surface area (Å²) in [6.45, 7) is 0.134. The van der Waals surface area contributed by atoms with Crippen LogP contribution in [0.2, 0.25) is 0 Å². The third kappa shape index (κ3) is 3.43. The molecule has 0 spiro atoms. The molecular weight excluding hydrogens is 264 g/mol. The number of hydrogen-bond acceptors (Lipinski definition) is 7. The highest BCUT2D eigenvalue weighted by Crippen LogP contribution is 2.29. The first-order valence-corrected chi connectivity index (χ1v) is 8.19. The first-order valence-electron chi connectivity index (χ1n) is 5.38. The first kappa shape index (κ1) is 12.8. The van der Waals surface area contributed by atoms with Crippen LogP contribution in [0.5, 0.6) is 0 Å². The number of sulfone groups is 1. The molecule has 0 radical (unpaired) electrons. The number of hydrogen-bond donors (Lipinski definition) is 1. The lowest BCUT2D eigenvalue weighted by Gasteiger charge is -1.99. The van der Waals surface area contributed by atoms with Crippen molar-refractivity contribution in [1.82, 2.24) is 10.2 Å². The fraction of sp³-hybridized carbons (Fsp3) is 0.778. The maximum atomic E-state index is 11.3. The van der Waals surface area contributed by atoms with E-state index in [2.05, 4.69) is 10.2 Å². The number of nitrogens with zero attached hydrogens (tertiary/aromatic N) is 2. The van der Waals surface area contributed by atoms with Crippen LogP contribution < -0.4 is 0 Å². The minimum absolute atomic E-state index is 0.107. The predicted octanol–water partition coefficient (Wildman–Crippen LogP) is 0.446. The van der Waals surface area contributed by atoms with Crippen LogP contribution in [-0.4, -0.2) is 47.6 Å². The molecule has 0 aliphatic carbocycles. The molecule has 1 aromatic rings. The van der Waals surface area contributed by atoms with Gasteiger partial charge in [-0.1, -0.05) is 11.8 Å². The molecule has 0 saturated carbocycles. The van der Waals surface area contributed by atoms with Gasteiger partial charge in [0.1, 0.15) is 0 Å². The van der Waals surface area contributed by atoms with E-state index in [1.807, 2.05) is 0 Å². The predicted molar refractivity (Wildman–Crippen MR) is 62.7 cm³/mol. The molecule has 0 amide bonds. The van der Waals surface area contributed by atoms with Crippen molar-refractivity contribution >= 4 is 21.6 Å². The molecule has 0 aromatic carbocycles. The van der Waals surface area contributed by atoms with Crippen molar-refractivity contribution in [2.75, 3.05) is 23.9 Å². The van der Waals surface area contributed by atoms with Crippen LogP contribution in [0.1, 0.15) is 24.7 Å². The van der Waals surface area contributed by atoms with Crippen molar-refractivity contribution in [2.24, 2.45) is 0 Å². The van der Waals surface area contributed by atoms with Gasteiger partial charge in [0.2, 0.25) is 5.89 Å². The topological polar surface area (TPSA) is 93.3 Å². The maximum absolute atomic E-state index is 11.3. The standard InChI is InChI=1S/C9H14N2O4S2/c12-3-1-4-16-9-11-10-8(15-9)7-2-5-17(13,14)6-7/h7,12H,1-6H2/t7-/m1/s1. The van der Waals surface area contributed by atoms with E-state index in [1.54, 1.807) is 0 Å². The third-order valence-electron chi connectivity index (χ3n) is 2.53. The zero-order chi connectivity index (χ0) is 12.3. The Bertz CT molecular complexity index is 471. The summed E-state index contributed by atoms with van der Waals surface area (Å²) in [6, 6.07) is 0. The Labute approximate surface area is 104 Å². The summed E-state index contributed by atoms with van der Waals surface area (Å²) in [7, 11) is -2.92. The number of rotatable bonds is 5. The van der Waals surface area contributed by atoms with Gasteiger partial charge < -0.3 is 9.52 Å². The van der Waals surface area contributed by atoms with Crippen LogP contribution >= 0.6 is 11.8 Å². The Morgan fingerprint density at radius 2 is 2.29 bits per heavy atom. The van der Waals surface area contributed by atoms with E-state index in [0.29, 0.717) is 29.7 Å². The average molecular weight is 278 g/mol. The molecule has 1 atom stereocenters. The van der Waals surface area contributed by atoms with E-state index in [0.717, 1.165) is 0 Å². The largest absolute Gasteiger partial charge is 0.416 e. The summed E-state index contributed by atoms with van der Waals surface area (Å²) in [4.78, 5) is 0. The number of aliphatic hydroxyl groups excluding tert-OH is 1. The Kier molecular flexibility index (Phi) is 4.05. The van der Waals surface area contributed by atoms with E-state index < -0.39 is 9.84 Å². The molecule has 1 aliphatic heterocycles. The van der Waals surface area contributed by atoms with Crippen LogP contribution in [0.15, 0.2) is 9.64 Å². The average Bonchev–Trinajstić information content (AvgIpc) is 2.85. The van der Waals surface area contributed by atoms with E-state index in [-0.39, 0.29) is 24.0 Å². The molecular formula is C9H14N2O4S2. The summed E-state index contributed by atoms with van der Waals surface area (Å²) in [5, 5.41) is 16.8.